The van der Waals surface area contributed by atoms with Gasteiger partial charge in [0.2, 0.25) is 5.43 Å². The van der Waals surface area contributed by atoms with E-state index in [-0.39, 0.29) is 17.1 Å². The molecule has 1 aromatic heterocycles. The fourth-order valence-electron chi connectivity index (χ4n) is 6.25. The summed E-state index contributed by atoms with van der Waals surface area (Å²) in [6, 6.07) is 6.90. The first-order chi connectivity index (χ1) is 22.3. The monoisotopic (exact) mass is 671 g/mol. The van der Waals surface area contributed by atoms with Gasteiger partial charge in [-0.25, -0.2) is 0 Å². The number of alkyl halides is 6. The molecule has 3 fully saturated rings. The van der Waals surface area contributed by atoms with Gasteiger partial charge >= 0.3 is 12.4 Å². The van der Waals surface area contributed by atoms with Crippen molar-refractivity contribution in [3.63, 3.8) is 0 Å². The van der Waals surface area contributed by atoms with Crippen molar-refractivity contribution in [1.29, 1.82) is 0 Å². The summed E-state index contributed by atoms with van der Waals surface area (Å²) in [5.41, 5.74) is -4.62. The highest BCUT2D eigenvalue weighted by Crippen LogP contribution is 2.68. The Kier molecular flexibility index (Phi) is 15.5. The van der Waals surface area contributed by atoms with E-state index in [0.29, 0.717) is 17.7 Å². The van der Waals surface area contributed by atoms with Gasteiger partial charge in [-0.15, -0.1) is 0 Å². The van der Waals surface area contributed by atoms with Crippen LogP contribution in [0.1, 0.15) is 123 Å². The first kappa shape index (κ1) is 41.5. The summed E-state index contributed by atoms with van der Waals surface area (Å²) in [5.74, 6) is -0.743. The molecule has 2 saturated carbocycles. The molecule has 6 rings (SSSR count). The van der Waals surface area contributed by atoms with Gasteiger partial charge in [0.05, 0.1) is 33.8 Å². The van der Waals surface area contributed by atoms with Gasteiger partial charge in [0.25, 0.3) is 5.91 Å². The maximum absolute atomic E-state index is 14.0. The second-order valence-corrected chi connectivity index (χ2v) is 10.3. The molecule has 2 N–H and O–H groups in total. The zero-order valence-corrected chi connectivity index (χ0v) is 29.3. The van der Waals surface area contributed by atoms with E-state index in [1.54, 1.807) is 0 Å². The average molecular weight is 672 g/mol. The third-order valence-corrected chi connectivity index (χ3v) is 7.95. The number of pyridine rings is 1. The van der Waals surface area contributed by atoms with Gasteiger partial charge in [0.1, 0.15) is 5.56 Å². The van der Waals surface area contributed by atoms with Gasteiger partial charge in [-0.1, -0.05) is 81.7 Å². The Hall–Kier alpha value is -3.50. The van der Waals surface area contributed by atoms with Gasteiger partial charge in [-0.05, 0) is 61.9 Å². The lowest BCUT2D eigenvalue weighted by atomic mass is 9.74. The Labute approximate surface area is 275 Å². The van der Waals surface area contributed by atoms with E-state index in [1.807, 2.05) is 60.3 Å². The van der Waals surface area contributed by atoms with Crippen molar-refractivity contribution in [2.75, 3.05) is 10.2 Å². The lowest BCUT2D eigenvalue weighted by Crippen LogP contribution is -2.37. The van der Waals surface area contributed by atoms with Gasteiger partial charge in [0, 0.05) is 17.4 Å². The van der Waals surface area contributed by atoms with E-state index in [9.17, 15) is 35.9 Å². The van der Waals surface area contributed by atoms with Crippen LogP contribution >= 0.6 is 0 Å². The van der Waals surface area contributed by atoms with Crippen molar-refractivity contribution < 1.29 is 31.1 Å². The molecule has 3 aromatic rings. The van der Waals surface area contributed by atoms with Crippen molar-refractivity contribution in [3.8, 4) is 0 Å². The number of nitrogens with zero attached hydrogens (tertiary/aromatic N) is 1. The summed E-state index contributed by atoms with van der Waals surface area (Å²) in [7, 11) is 0. The molecule has 3 atom stereocenters. The number of benzene rings is 2. The minimum atomic E-state index is -4.86. The van der Waals surface area contributed by atoms with Crippen LogP contribution in [0.4, 0.5) is 37.7 Å². The molecule has 2 heterocycles. The molecule has 1 aliphatic heterocycles. The van der Waals surface area contributed by atoms with E-state index >= 15 is 0 Å². The maximum atomic E-state index is 14.0. The highest BCUT2D eigenvalue weighted by molar-refractivity contribution is 6.06. The number of amides is 1. The first-order valence-electron chi connectivity index (χ1n) is 16.9. The zero-order valence-electron chi connectivity index (χ0n) is 29.3. The van der Waals surface area contributed by atoms with Gasteiger partial charge in [-0.2, -0.15) is 26.3 Å². The Morgan fingerprint density at radius 1 is 0.872 bits per heavy atom. The van der Waals surface area contributed by atoms with Crippen LogP contribution in [0.5, 0.6) is 0 Å². The number of aromatic amines is 1. The number of aromatic nitrogens is 1. The van der Waals surface area contributed by atoms with Gasteiger partial charge in [-0.3, -0.25) is 9.59 Å². The number of hydrogen-bond donors (Lipinski definition) is 2. The molecule has 0 radical (unpaired) electrons. The Balaban J connectivity index is 0.000000907. The van der Waals surface area contributed by atoms with Crippen molar-refractivity contribution >= 4 is 28.2 Å². The second-order valence-electron chi connectivity index (χ2n) is 10.3. The summed E-state index contributed by atoms with van der Waals surface area (Å²) >= 11 is 0. The highest BCUT2D eigenvalue weighted by atomic mass is 19.4. The largest absolute Gasteiger partial charge is 0.418 e. The van der Waals surface area contributed by atoms with Crippen LogP contribution in [0.3, 0.4) is 0 Å². The number of halogens is 6. The fourth-order valence-corrected chi connectivity index (χ4v) is 6.25. The molecule has 264 valence electrons. The lowest BCUT2D eigenvalue weighted by molar-refractivity contribution is -0.137. The third-order valence-electron chi connectivity index (χ3n) is 7.95. The topological polar surface area (TPSA) is 65.0 Å². The van der Waals surface area contributed by atoms with Crippen LogP contribution in [0.2, 0.25) is 0 Å². The van der Waals surface area contributed by atoms with E-state index in [2.05, 4.69) is 24.1 Å². The van der Waals surface area contributed by atoms with E-state index < -0.39 is 51.5 Å². The molecule has 47 heavy (non-hydrogen) atoms. The summed E-state index contributed by atoms with van der Waals surface area (Å²) in [6.45, 7) is 20.2. The standard InChI is InChI=1S/C25H19F6N3O2.C3H8.4C2H6/c26-24(27,28)15-2-1-3-18-20(15)21(35)14(11-32-18)22(36)33-17-6-5-13(10-16(17)25(29,30)31)34-19-7-4-12-8-9-23(12,19)34;1-3-2;4*1-2/h1-3,5-6,10-12,19H,4,7-9H2,(H,32,35)(H,33,36);3H2,1-2H3;4*1-2H3. The SMILES string of the molecule is CC.CC.CC.CC.CCC.O=C(Nc1ccc(N2C3CCC4CCC432)cc1C(F)(F)F)c1c[nH]c2cccc(C(F)(F)F)c2c1=O. The first-order valence-corrected chi connectivity index (χ1v) is 16.9. The molecule has 2 aliphatic carbocycles. The molecule has 3 aliphatic rings. The van der Waals surface area contributed by atoms with Crippen LogP contribution in [0.15, 0.2) is 47.4 Å². The van der Waals surface area contributed by atoms with Crippen LogP contribution in [-0.4, -0.2) is 22.5 Å². The Morgan fingerprint density at radius 2 is 1.45 bits per heavy atom. The van der Waals surface area contributed by atoms with Crippen molar-refractivity contribution in [2.45, 2.75) is 125 Å². The lowest BCUT2D eigenvalue weighted by Gasteiger charge is -2.36. The Morgan fingerprint density at radius 3 is 1.94 bits per heavy atom. The number of piperidine rings is 1. The van der Waals surface area contributed by atoms with Gasteiger partial charge in [0.15, 0.2) is 0 Å². The average Bonchev–Trinajstić information content (AvgIpc) is 3.68. The molecule has 11 heteroatoms. The van der Waals surface area contributed by atoms with Crippen LogP contribution in [-0.2, 0) is 12.4 Å². The minimum absolute atomic E-state index is 0.0395. The number of carbonyl (C=O) groups is 1. The number of rotatable bonds is 3. The van der Waals surface area contributed by atoms with Crippen molar-refractivity contribution in [1.82, 2.24) is 4.98 Å². The second kappa shape index (κ2) is 17.6. The van der Waals surface area contributed by atoms with E-state index in [4.69, 9.17) is 0 Å². The number of fused-ring (bicyclic) bond motifs is 1. The van der Waals surface area contributed by atoms with Crippen LogP contribution in [0.25, 0.3) is 10.9 Å². The maximum Gasteiger partial charge on any atom is 0.418 e. The van der Waals surface area contributed by atoms with Crippen LogP contribution < -0.4 is 15.6 Å². The normalized spacial score (nSPS) is 19.9. The fraction of sp³-hybridized carbons (Fsp3) is 0.556. The highest BCUT2D eigenvalue weighted by Gasteiger charge is 2.73. The molecule has 5 nitrogen and oxygen atoms in total. The quantitative estimate of drug-likeness (QED) is 0.215. The molecular weight excluding hydrogens is 620 g/mol. The smallest absolute Gasteiger partial charge is 0.360 e. The predicted octanol–water partition coefficient (Wildman–Crippen LogP) is 11.5. The molecule has 3 unspecified atom stereocenters. The van der Waals surface area contributed by atoms with Crippen molar-refractivity contribution in [2.24, 2.45) is 5.92 Å². The number of anilines is 2. The molecule has 1 spiro atoms. The van der Waals surface area contributed by atoms with Crippen molar-refractivity contribution in [3.05, 3.63) is 69.5 Å². The summed E-state index contributed by atoms with van der Waals surface area (Å²) in [5, 5.41) is 1.33. The zero-order chi connectivity index (χ0) is 36.3. The number of carbonyl (C=O) groups excluding carboxylic acids is 1. The molecule has 1 amide bonds. The van der Waals surface area contributed by atoms with Crippen LogP contribution in [0, 0.1) is 5.92 Å². The number of hydrogen-bond acceptors (Lipinski definition) is 3. The van der Waals surface area contributed by atoms with Gasteiger partial charge < -0.3 is 15.2 Å². The summed E-state index contributed by atoms with van der Waals surface area (Å²) in [4.78, 5) is 30.1. The summed E-state index contributed by atoms with van der Waals surface area (Å²) < 4.78 is 82.1. The minimum Gasteiger partial charge on any atom is -0.360 e. The molecule has 1 saturated heterocycles. The predicted molar refractivity (Wildman–Crippen MR) is 181 cm³/mol. The molecular formula is C36H51F6N3O2. The Bertz CT molecular complexity index is 1500. The third kappa shape index (κ3) is 8.33. The summed E-state index contributed by atoms with van der Waals surface area (Å²) in [6.07, 6.45) is -3.48. The molecule has 0 bridgehead atoms. The number of nitrogens with one attached hydrogen (secondary N) is 2. The van der Waals surface area contributed by atoms with E-state index in [0.717, 1.165) is 50.1 Å². The number of H-pyrrole nitrogens is 1. The molecule has 2 aromatic carbocycles. The van der Waals surface area contributed by atoms with E-state index in [1.165, 1.54) is 18.6 Å².